The molecule has 0 aliphatic carbocycles. The molecule has 1 aliphatic heterocycles. The number of nitrogens with two attached hydrogens (primary N) is 1. The Labute approximate surface area is 88.0 Å². The van der Waals surface area contributed by atoms with Crippen LogP contribution in [-0.2, 0) is 11.2 Å². The van der Waals surface area contributed by atoms with Crippen molar-refractivity contribution >= 4 is 5.97 Å². The van der Waals surface area contributed by atoms with E-state index in [1.54, 1.807) is 12.1 Å². The zero-order chi connectivity index (χ0) is 10.8. The fraction of sp³-hybridized carbons (Fsp3) is 0.364. The molecule has 1 unspecified atom stereocenters. The lowest BCUT2D eigenvalue weighted by Crippen LogP contribution is -2.34. The van der Waals surface area contributed by atoms with Crippen molar-refractivity contribution in [1.29, 1.82) is 0 Å². The molecular formula is C11H13NO3. The minimum Gasteiger partial charge on any atom is -0.492 e. The highest BCUT2D eigenvalue weighted by molar-refractivity contribution is 5.91. The maximum Gasteiger partial charge on any atom is 0.338 e. The number of carbonyl (C=O) groups excluding carboxylic acids is 1. The van der Waals surface area contributed by atoms with Gasteiger partial charge in [0.1, 0.15) is 12.4 Å². The summed E-state index contributed by atoms with van der Waals surface area (Å²) in [5.74, 6) is 0.393. The average Bonchev–Trinajstić information content (AvgIpc) is 2.27. The largest absolute Gasteiger partial charge is 0.492 e. The smallest absolute Gasteiger partial charge is 0.338 e. The summed E-state index contributed by atoms with van der Waals surface area (Å²) >= 11 is 0. The highest BCUT2D eigenvalue weighted by Gasteiger charge is 2.22. The molecule has 80 valence electrons. The Hall–Kier alpha value is -1.55. The van der Waals surface area contributed by atoms with Gasteiger partial charge in [-0.05, 0) is 18.6 Å². The van der Waals surface area contributed by atoms with E-state index >= 15 is 0 Å². The Morgan fingerprint density at radius 1 is 1.60 bits per heavy atom. The molecule has 0 bridgehead atoms. The van der Waals surface area contributed by atoms with Gasteiger partial charge in [-0.2, -0.15) is 0 Å². The molecular weight excluding hydrogens is 194 g/mol. The van der Waals surface area contributed by atoms with Crippen molar-refractivity contribution in [1.82, 2.24) is 0 Å². The van der Waals surface area contributed by atoms with E-state index in [-0.39, 0.29) is 12.0 Å². The van der Waals surface area contributed by atoms with Gasteiger partial charge in [0.2, 0.25) is 0 Å². The Morgan fingerprint density at radius 2 is 2.40 bits per heavy atom. The summed E-state index contributed by atoms with van der Waals surface area (Å²) in [7, 11) is 1.37. The Bertz CT molecular complexity index is 389. The van der Waals surface area contributed by atoms with E-state index in [1.807, 2.05) is 6.07 Å². The first-order valence-corrected chi connectivity index (χ1v) is 4.81. The second kappa shape index (κ2) is 3.90. The van der Waals surface area contributed by atoms with Gasteiger partial charge in [0.05, 0.1) is 12.7 Å². The fourth-order valence-corrected chi connectivity index (χ4v) is 1.73. The maximum atomic E-state index is 11.5. The topological polar surface area (TPSA) is 61.5 Å². The lowest BCUT2D eigenvalue weighted by Gasteiger charge is -2.23. The van der Waals surface area contributed by atoms with Crippen LogP contribution >= 0.6 is 0 Å². The molecule has 1 aromatic carbocycles. The van der Waals surface area contributed by atoms with Gasteiger partial charge in [-0.1, -0.05) is 6.07 Å². The normalized spacial score (nSPS) is 18.9. The number of benzene rings is 1. The van der Waals surface area contributed by atoms with Gasteiger partial charge < -0.3 is 15.2 Å². The van der Waals surface area contributed by atoms with Crippen molar-refractivity contribution in [2.24, 2.45) is 5.73 Å². The van der Waals surface area contributed by atoms with Gasteiger partial charge in [0.25, 0.3) is 0 Å². The molecule has 0 amide bonds. The van der Waals surface area contributed by atoms with Gasteiger partial charge in [0, 0.05) is 11.6 Å². The van der Waals surface area contributed by atoms with Crippen molar-refractivity contribution in [2.75, 3.05) is 13.7 Å². The van der Waals surface area contributed by atoms with E-state index < -0.39 is 0 Å². The molecule has 4 heteroatoms. The van der Waals surface area contributed by atoms with Crippen molar-refractivity contribution in [3.05, 3.63) is 29.3 Å². The first kappa shape index (κ1) is 9.98. The van der Waals surface area contributed by atoms with Crippen molar-refractivity contribution in [2.45, 2.75) is 12.5 Å². The van der Waals surface area contributed by atoms with Crippen LogP contribution < -0.4 is 10.5 Å². The molecule has 1 aromatic rings. The molecule has 0 fully saturated rings. The zero-order valence-corrected chi connectivity index (χ0v) is 8.53. The lowest BCUT2D eigenvalue weighted by molar-refractivity contribution is 0.0598. The van der Waals surface area contributed by atoms with Crippen molar-refractivity contribution in [3.8, 4) is 5.75 Å². The summed E-state index contributed by atoms with van der Waals surface area (Å²) in [5, 5.41) is 0. The van der Waals surface area contributed by atoms with E-state index in [0.717, 1.165) is 11.3 Å². The predicted octanol–water partition coefficient (Wildman–Crippen LogP) is 0.735. The lowest BCUT2D eigenvalue weighted by atomic mass is 9.98. The van der Waals surface area contributed by atoms with Gasteiger partial charge in [-0.25, -0.2) is 4.79 Å². The van der Waals surface area contributed by atoms with Crippen LogP contribution in [-0.4, -0.2) is 25.7 Å². The number of esters is 1. The summed E-state index contributed by atoms with van der Waals surface area (Å²) < 4.78 is 10.1. The summed E-state index contributed by atoms with van der Waals surface area (Å²) in [5.41, 5.74) is 7.18. The van der Waals surface area contributed by atoms with Crippen LogP contribution in [0, 0.1) is 0 Å². The predicted molar refractivity (Wildman–Crippen MR) is 55.0 cm³/mol. The Balaban J connectivity index is 2.44. The fourth-order valence-electron chi connectivity index (χ4n) is 1.73. The van der Waals surface area contributed by atoms with E-state index in [0.29, 0.717) is 18.6 Å². The number of methoxy groups -OCH3 is 1. The third-order valence-electron chi connectivity index (χ3n) is 2.46. The average molecular weight is 207 g/mol. The third kappa shape index (κ3) is 1.80. The molecule has 2 N–H and O–H groups in total. The van der Waals surface area contributed by atoms with Gasteiger partial charge in [-0.3, -0.25) is 0 Å². The highest BCUT2D eigenvalue weighted by atomic mass is 16.5. The first-order valence-electron chi connectivity index (χ1n) is 4.81. The van der Waals surface area contributed by atoms with Crippen LogP contribution in [0.25, 0.3) is 0 Å². The Kier molecular flexibility index (Phi) is 2.60. The minimum absolute atomic E-state index is 0.0525. The summed E-state index contributed by atoms with van der Waals surface area (Å²) in [4.78, 5) is 11.5. The minimum atomic E-state index is -0.343. The number of hydrogen-bond donors (Lipinski definition) is 1. The number of hydrogen-bond acceptors (Lipinski definition) is 4. The SMILES string of the molecule is COC(=O)c1cccc2c1CC(N)CO2. The molecule has 0 spiro atoms. The standard InChI is InChI=1S/C11H13NO3/c1-14-11(13)8-3-2-4-10-9(8)5-7(12)6-15-10/h2-4,7H,5-6,12H2,1H3. The van der Waals surface area contributed by atoms with Crippen LogP contribution in [0.5, 0.6) is 5.75 Å². The summed E-state index contributed by atoms with van der Waals surface area (Å²) in [6, 6.07) is 5.30. The molecule has 1 atom stereocenters. The molecule has 15 heavy (non-hydrogen) atoms. The summed E-state index contributed by atoms with van der Waals surface area (Å²) in [6.07, 6.45) is 0.653. The van der Waals surface area contributed by atoms with Crippen LogP contribution in [0.2, 0.25) is 0 Å². The molecule has 0 saturated heterocycles. The molecule has 0 aromatic heterocycles. The second-order valence-corrected chi connectivity index (χ2v) is 3.55. The van der Waals surface area contributed by atoms with E-state index in [4.69, 9.17) is 15.2 Å². The number of fused-ring (bicyclic) bond motifs is 1. The monoisotopic (exact) mass is 207 g/mol. The van der Waals surface area contributed by atoms with Crippen LogP contribution in [0.15, 0.2) is 18.2 Å². The van der Waals surface area contributed by atoms with Crippen molar-refractivity contribution < 1.29 is 14.3 Å². The number of carbonyl (C=O) groups is 1. The second-order valence-electron chi connectivity index (χ2n) is 3.55. The molecule has 1 heterocycles. The van der Waals surface area contributed by atoms with Gasteiger partial charge >= 0.3 is 5.97 Å². The van der Waals surface area contributed by atoms with Crippen molar-refractivity contribution in [3.63, 3.8) is 0 Å². The third-order valence-corrected chi connectivity index (χ3v) is 2.46. The summed E-state index contributed by atoms with van der Waals surface area (Å²) in [6.45, 7) is 0.498. The molecule has 0 radical (unpaired) electrons. The number of ether oxygens (including phenoxy) is 2. The van der Waals surface area contributed by atoms with Crippen LogP contribution in [0.3, 0.4) is 0 Å². The molecule has 4 nitrogen and oxygen atoms in total. The molecule has 1 aliphatic rings. The zero-order valence-electron chi connectivity index (χ0n) is 8.53. The Morgan fingerprint density at radius 3 is 3.13 bits per heavy atom. The van der Waals surface area contributed by atoms with Gasteiger partial charge in [0.15, 0.2) is 0 Å². The van der Waals surface area contributed by atoms with E-state index in [2.05, 4.69) is 0 Å². The number of rotatable bonds is 1. The maximum absolute atomic E-state index is 11.5. The molecule has 0 saturated carbocycles. The highest BCUT2D eigenvalue weighted by Crippen LogP contribution is 2.27. The first-order chi connectivity index (χ1) is 7.22. The van der Waals surface area contributed by atoms with E-state index in [9.17, 15) is 4.79 Å². The van der Waals surface area contributed by atoms with Crippen LogP contribution in [0.4, 0.5) is 0 Å². The van der Waals surface area contributed by atoms with E-state index in [1.165, 1.54) is 7.11 Å². The molecule has 2 rings (SSSR count). The van der Waals surface area contributed by atoms with Crippen LogP contribution in [0.1, 0.15) is 15.9 Å². The quantitative estimate of drug-likeness (QED) is 0.690. The van der Waals surface area contributed by atoms with Gasteiger partial charge in [-0.15, -0.1) is 0 Å².